The van der Waals surface area contributed by atoms with Crippen molar-refractivity contribution in [1.29, 1.82) is 0 Å². The van der Waals surface area contributed by atoms with Gasteiger partial charge in [0.1, 0.15) is 11.6 Å². The number of aryl methyl sites for hydroxylation is 1. The molecule has 0 N–H and O–H groups in total. The van der Waals surface area contributed by atoms with Crippen molar-refractivity contribution in [2.75, 3.05) is 20.1 Å². The van der Waals surface area contributed by atoms with Crippen molar-refractivity contribution in [2.45, 2.75) is 32.1 Å². The fourth-order valence-corrected chi connectivity index (χ4v) is 3.12. The van der Waals surface area contributed by atoms with Gasteiger partial charge in [0, 0.05) is 30.3 Å². The molecule has 116 valence electrons. The number of piperidine rings is 1. The zero-order chi connectivity index (χ0) is 15.5. The van der Waals surface area contributed by atoms with Crippen LogP contribution in [0, 0.1) is 12.7 Å². The molecule has 1 fully saturated rings. The van der Waals surface area contributed by atoms with Gasteiger partial charge in [-0.2, -0.15) is 0 Å². The van der Waals surface area contributed by atoms with Gasteiger partial charge in [-0.05, 0) is 57.1 Å². The largest absolute Gasteiger partial charge is 0.306 e. The maximum atomic E-state index is 13.0. The Morgan fingerprint density at radius 2 is 2.00 bits per heavy atom. The number of hydrogen-bond donors (Lipinski definition) is 0. The molecule has 3 nitrogen and oxygen atoms in total. The van der Waals surface area contributed by atoms with E-state index in [-0.39, 0.29) is 5.82 Å². The zero-order valence-electron chi connectivity index (χ0n) is 13.2. The molecule has 1 aromatic carbocycles. The Hall–Kier alpha value is -1.81. The van der Waals surface area contributed by atoms with Crippen LogP contribution in [0.2, 0.25) is 0 Å². The van der Waals surface area contributed by atoms with Crippen LogP contribution in [-0.4, -0.2) is 35.0 Å². The molecule has 2 aromatic rings. The van der Waals surface area contributed by atoms with Gasteiger partial charge in [-0.15, -0.1) is 0 Å². The molecular weight excluding hydrogens is 277 g/mol. The first-order chi connectivity index (χ1) is 10.6. The molecule has 0 aliphatic carbocycles. The van der Waals surface area contributed by atoms with Crippen molar-refractivity contribution in [2.24, 2.45) is 0 Å². The Bertz CT molecular complexity index is 639. The molecule has 1 aliphatic heterocycles. The van der Waals surface area contributed by atoms with Crippen molar-refractivity contribution in [1.82, 2.24) is 14.9 Å². The van der Waals surface area contributed by atoms with E-state index in [0.717, 1.165) is 48.7 Å². The topological polar surface area (TPSA) is 29.0 Å². The summed E-state index contributed by atoms with van der Waals surface area (Å²) in [6, 6.07) is 8.67. The molecule has 4 heteroatoms. The molecule has 0 saturated carbocycles. The first kappa shape index (κ1) is 15.1. The summed E-state index contributed by atoms with van der Waals surface area (Å²) in [6.45, 7) is 4.20. The lowest BCUT2D eigenvalue weighted by Gasteiger charge is -2.28. The molecule has 0 spiro atoms. The van der Waals surface area contributed by atoms with Gasteiger partial charge >= 0.3 is 0 Å². The van der Waals surface area contributed by atoms with Crippen LogP contribution in [0.25, 0.3) is 0 Å². The van der Waals surface area contributed by atoms with Crippen molar-refractivity contribution in [3.8, 4) is 0 Å². The highest BCUT2D eigenvalue weighted by Crippen LogP contribution is 2.24. The maximum Gasteiger partial charge on any atom is 0.133 e. The van der Waals surface area contributed by atoms with Crippen LogP contribution in [-0.2, 0) is 6.42 Å². The molecule has 0 amide bonds. The van der Waals surface area contributed by atoms with Crippen molar-refractivity contribution < 1.29 is 4.39 Å². The number of hydrogen-bond acceptors (Lipinski definition) is 3. The summed E-state index contributed by atoms with van der Waals surface area (Å²) in [5.74, 6) is 1.18. The van der Waals surface area contributed by atoms with Crippen LogP contribution in [0.15, 0.2) is 30.3 Å². The molecule has 0 bridgehead atoms. The van der Waals surface area contributed by atoms with E-state index >= 15 is 0 Å². The molecule has 3 rings (SSSR count). The Morgan fingerprint density at radius 3 is 2.73 bits per heavy atom. The smallest absolute Gasteiger partial charge is 0.133 e. The number of nitrogens with zero attached hydrogens (tertiary/aromatic N) is 3. The van der Waals surface area contributed by atoms with Crippen LogP contribution in [0.5, 0.6) is 0 Å². The number of likely N-dealkylation sites (N-methyl/N-ethyl adjacent to an activating group) is 1. The average Bonchev–Trinajstić information content (AvgIpc) is 2.49. The second-order valence-electron chi connectivity index (χ2n) is 6.26. The number of halogens is 1. The van der Waals surface area contributed by atoms with E-state index in [1.165, 1.54) is 18.6 Å². The highest BCUT2D eigenvalue weighted by Gasteiger charge is 2.21. The summed E-state index contributed by atoms with van der Waals surface area (Å²) >= 11 is 0. The minimum atomic E-state index is -0.200. The first-order valence-corrected chi connectivity index (χ1v) is 7.87. The molecule has 1 aliphatic rings. The Morgan fingerprint density at radius 1 is 1.23 bits per heavy atom. The summed E-state index contributed by atoms with van der Waals surface area (Å²) in [7, 11) is 2.15. The molecule has 1 aromatic heterocycles. The maximum absolute atomic E-state index is 13.0. The average molecular weight is 299 g/mol. The lowest BCUT2D eigenvalue weighted by molar-refractivity contribution is 0.245. The number of benzene rings is 1. The van der Waals surface area contributed by atoms with Gasteiger partial charge in [-0.3, -0.25) is 0 Å². The molecule has 2 heterocycles. The van der Waals surface area contributed by atoms with E-state index in [1.54, 1.807) is 0 Å². The fraction of sp³-hybridized carbons (Fsp3) is 0.444. The van der Waals surface area contributed by atoms with E-state index < -0.39 is 0 Å². The minimum absolute atomic E-state index is 0.200. The van der Waals surface area contributed by atoms with E-state index in [9.17, 15) is 4.39 Å². The molecular formula is C18H22FN3. The summed E-state index contributed by atoms with van der Waals surface area (Å²) in [5, 5.41) is 0. The Labute approximate surface area is 131 Å². The first-order valence-electron chi connectivity index (χ1n) is 7.87. The van der Waals surface area contributed by atoms with Crippen molar-refractivity contribution in [3.63, 3.8) is 0 Å². The predicted molar refractivity (Wildman–Crippen MR) is 85.4 cm³/mol. The molecule has 22 heavy (non-hydrogen) atoms. The number of rotatable bonds is 3. The third kappa shape index (κ3) is 3.69. The third-order valence-electron chi connectivity index (χ3n) is 4.21. The monoisotopic (exact) mass is 299 g/mol. The molecule has 1 unspecified atom stereocenters. The van der Waals surface area contributed by atoms with Gasteiger partial charge in [-0.25, -0.2) is 14.4 Å². The van der Waals surface area contributed by atoms with Crippen LogP contribution in [0.3, 0.4) is 0 Å². The van der Waals surface area contributed by atoms with E-state index in [0.29, 0.717) is 5.92 Å². The molecule has 1 saturated heterocycles. The van der Waals surface area contributed by atoms with Gasteiger partial charge in [0.25, 0.3) is 0 Å². The molecule has 0 radical (unpaired) electrons. The zero-order valence-corrected chi connectivity index (χ0v) is 13.2. The summed E-state index contributed by atoms with van der Waals surface area (Å²) in [6.07, 6.45) is 3.08. The number of aromatic nitrogens is 2. The van der Waals surface area contributed by atoms with E-state index in [4.69, 9.17) is 4.98 Å². The van der Waals surface area contributed by atoms with Gasteiger partial charge in [0.15, 0.2) is 0 Å². The quantitative estimate of drug-likeness (QED) is 0.870. The van der Waals surface area contributed by atoms with Crippen LogP contribution in [0.1, 0.15) is 41.5 Å². The fourth-order valence-electron chi connectivity index (χ4n) is 3.12. The van der Waals surface area contributed by atoms with Crippen LogP contribution >= 0.6 is 0 Å². The van der Waals surface area contributed by atoms with Gasteiger partial charge in [0.05, 0.1) is 0 Å². The van der Waals surface area contributed by atoms with Crippen molar-refractivity contribution in [3.05, 3.63) is 58.9 Å². The SMILES string of the molecule is Cc1cc(Cc2ccc(F)cc2)nc(C2CCCN(C)C2)n1. The normalized spacial score (nSPS) is 19.3. The van der Waals surface area contributed by atoms with Crippen LogP contribution in [0.4, 0.5) is 4.39 Å². The summed E-state index contributed by atoms with van der Waals surface area (Å²) in [4.78, 5) is 11.8. The highest BCUT2D eigenvalue weighted by molar-refractivity contribution is 5.24. The lowest BCUT2D eigenvalue weighted by atomic mass is 9.97. The van der Waals surface area contributed by atoms with Gasteiger partial charge < -0.3 is 4.90 Å². The third-order valence-corrected chi connectivity index (χ3v) is 4.21. The Kier molecular flexibility index (Phi) is 4.48. The minimum Gasteiger partial charge on any atom is -0.306 e. The predicted octanol–water partition coefficient (Wildman–Crippen LogP) is 3.32. The Balaban J connectivity index is 1.81. The summed E-state index contributed by atoms with van der Waals surface area (Å²) in [5.41, 5.74) is 3.10. The second-order valence-corrected chi connectivity index (χ2v) is 6.26. The van der Waals surface area contributed by atoms with Gasteiger partial charge in [-0.1, -0.05) is 12.1 Å². The van der Waals surface area contributed by atoms with Gasteiger partial charge in [0.2, 0.25) is 0 Å². The second kappa shape index (κ2) is 6.53. The van der Waals surface area contributed by atoms with E-state index in [1.807, 2.05) is 25.1 Å². The van der Waals surface area contributed by atoms with Crippen molar-refractivity contribution >= 4 is 0 Å². The highest BCUT2D eigenvalue weighted by atomic mass is 19.1. The molecule has 1 atom stereocenters. The summed E-state index contributed by atoms with van der Waals surface area (Å²) < 4.78 is 13.0. The van der Waals surface area contributed by atoms with E-state index in [2.05, 4.69) is 16.9 Å². The standard InChI is InChI=1S/C18H22FN3/c1-13-10-17(11-14-5-7-16(19)8-6-14)21-18(20-13)15-4-3-9-22(2)12-15/h5-8,10,15H,3-4,9,11-12H2,1-2H3. The lowest BCUT2D eigenvalue weighted by Crippen LogP contribution is -2.31. The van der Waals surface area contributed by atoms with Crippen LogP contribution < -0.4 is 0 Å². The number of likely N-dealkylation sites (tertiary alicyclic amines) is 1.